The first-order chi connectivity index (χ1) is 9.99. The number of methoxy groups -OCH3 is 1. The first kappa shape index (κ1) is 16.2. The molecule has 0 saturated carbocycles. The van der Waals surface area contributed by atoms with Crippen molar-refractivity contribution in [1.29, 1.82) is 0 Å². The molecule has 8 heteroatoms. The molecule has 1 aromatic heterocycles. The van der Waals surface area contributed by atoms with Crippen molar-refractivity contribution in [2.45, 2.75) is 11.5 Å². The highest BCUT2D eigenvalue weighted by atomic mass is 35.5. The summed E-state index contributed by atoms with van der Waals surface area (Å²) in [5.74, 6) is 1.98. The van der Waals surface area contributed by atoms with Crippen LogP contribution in [0, 0.1) is 0 Å². The van der Waals surface area contributed by atoms with E-state index in [0.29, 0.717) is 28.1 Å². The zero-order valence-corrected chi connectivity index (χ0v) is 14.4. The number of nitrogens with zero attached hydrogens (tertiary/aromatic N) is 3. The summed E-state index contributed by atoms with van der Waals surface area (Å²) < 4.78 is 21.5. The molecule has 0 radical (unpaired) electrons. The molecule has 0 amide bonds. The predicted molar refractivity (Wildman–Crippen MR) is 87.8 cm³/mol. The topological polar surface area (TPSA) is 55.3 Å². The lowest BCUT2D eigenvalue weighted by atomic mass is 10.2. The number of aromatic nitrogens is 2. The molecule has 114 valence electrons. The van der Waals surface area contributed by atoms with Crippen molar-refractivity contribution in [3.05, 3.63) is 34.6 Å². The SMILES string of the molecule is COc1ccc(C[S@](=O)Cc2nsc(N(C)C)n2)cc1Cl. The summed E-state index contributed by atoms with van der Waals surface area (Å²) in [4.78, 5) is 6.21. The number of halogens is 1. The lowest BCUT2D eigenvalue weighted by Gasteiger charge is -2.06. The van der Waals surface area contributed by atoms with Crippen molar-refractivity contribution in [1.82, 2.24) is 9.36 Å². The van der Waals surface area contributed by atoms with Crippen molar-refractivity contribution in [3.8, 4) is 5.75 Å². The lowest BCUT2D eigenvalue weighted by molar-refractivity contribution is 0.415. The number of anilines is 1. The normalized spacial score (nSPS) is 12.2. The molecule has 1 heterocycles. The highest BCUT2D eigenvalue weighted by molar-refractivity contribution is 7.83. The molecule has 0 aliphatic carbocycles. The molecule has 0 bridgehead atoms. The van der Waals surface area contributed by atoms with E-state index in [1.54, 1.807) is 19.2 Å². The second-order valence-corrected chi connectivity index (χ2v) is 7.18. The molecule has 0 aliphatic heterocycles. The molecular formula is C13H16ClN3O2S2. The van der Waals surface area contributed by atoms with Crippen LogP contribution in [0.3, 0.4) is 0 Å². The van der Waals surface area contributed by atoms with Gasteiger partial charge in [-0.1, -0.05) is 17.7 Å². The minimum Gasteiger partial charge on any atom is -0.495 e. The number of hydrogen-bond acceptors (Lipinski definition) is 6. The second kappa shape index (κ2) is 7.20. The molecule has 1 aromatic carbocycles. The fraction of sp³-hybridized carbons (Fsp3) is 0.385. The van der Waals surface area contributed by atoms with E-state index in [2.05, 4.69) is 9.36 Å². The van der Waals surface area contributed by atoms with Gasteiger partial charge in [0.1, 0.15) is 5.75 Å². The standard InChI is InChI=1S/C13H16ClN3O2S2/c1-17(2)13-15-12(16-20-13)8-21(18)7-9-4-5-11(19-3)10(14)6-9/h4-6H,7-8H2,1-3H3/t21-/m0/s1. The number of hydrogen-bond donors (Lipinski definition) is 0. The maximum absolute atomic E-state index is 12.2. The van der Waals surface area contributed by atoms with E-state index < -0.39 is 10.8 Å². The van der Waals surface area contributed by atoms with Crippen LogP contribution >= 0.6 is 23.1 Å². The van der Waals surface area contributed by atoms with Gasteiger partial charge in [0.25, 0.3) is 0 Å². The Morgan fingerprint density at radius 1 is 1.38 bits per heavy atom. The van der Waals surface area contributed by atoms with Crippen LogP contribution in [0.2, 0.25) is 5.02 Å². The summed E-state index contributed by atoms with van der Waals surface area (Å²) >= 11 is 7.36. The van der Waals surface area contributed by atoms with Gasteiger partial charge in [-0.25, -0.2) is 4.98 Å². The maximum atomic E-state index is 12.2. The van der Waals surface area contributed by atoms with Gasteiger partial charge in [0.2, 0.25) is 5.13 Å². The van der Waals surface area contributed by atoms with Gasteiger partial charge in [0, 0.05) is 42.2 Å². The van der Waals surface area contributed by atoms with Crippen molar-refractivity contribution in [2.75, 3.05) is 26.1 Å². The summed E-state index contributed by atoms with van der Waals surface area (Å²) in [6, 6.07) is 5.42. The van der Waals surface area contributed by atoms with Gasteiger partial charge in [-0.2, -0.15) is 4.37 Å². The quantitative estimate of drug-likeness (QED) is 0.805. The predicted octanol–water partition coefficient (Wildman–Crippen LogP) is 2.72. The van der Waals surface area contributed by atoms with Gasteiger partial charge in [0.05, 0.1) is 17.9 Å². The molecule has 0 unspecified atom stereocenters. The molecule has 2 rings (SSSR count). The second-order valence-electron chi connectivity index (χ2n) is 4.59. The van der Waals surface area contributed by atoms with Crippen LogP contribution in [0.1, 0.15) is 11.4 Å². The molecule has 0 saturated heterocycles. The molecule has 1 atom stereocenters. The third-order valence-corrected chi connectivity index (χ3v) is 5.13. The van der Waals surface area contributed by atoms with Crippen LogP contribution in [0.4, 0.5) is 5.13 Å². The van der Waals surface area contributed by atoms with Crippen LogP contribution in [-0.4, -0.2) is 34.8 Å². The fourth-order valence-electron chi connectivity index (χ4n) is 1.67. The summed E-state index contributed by atoms with van der Waals surface area (Å²) in [5.41, 5.74) is 0.905. The monoisotopic (exact) mass is 345 g/mol. The first-order valence-electron chi connectivity index (χ1n) is 6.17. The summed E-state index contributed by atoms with van der Waals surface area (Å²) in [5, 5.41) is 1.34. The Kier molecular flexibility index (Phi) is 5.55. The van der Waals surface area contributed by atoms with E-state index in [0.717, 1.165) is 10.7 Å². The van der Waals surface area contributed by atoms with Crippen molar-refractivity contribution < 1.29 is 8.95 Å². The minimum atomic E-state index is -1.08. The van der Waals surface area contributed by atoms with Crippen molar-refractivity contribution >= 4 is 39.1 Å². The average Bonchev–Trinajstić information content (AvgIpc) is 2.87. The van der Waals surface area contributed by atoms with E-state index >= 15 is 0 Å². The van der Waals surface area contributed by atoms with E-state index in [4.69, 9.17) is 16.3 Å². The Balaban J connectivity index is 1.99. The fourth-order valence-corrected chi connectivity index (χ4v) is 3.70. The highest BCUT2D eigenvalue weighted by Gasteiger charge is 2.11. The van der Waals surface area contributed by atoms with Gasteiger partial charge in [-0.05, 0) is 17.7 Å². The van der Waals surface area contributed by atoms with Crippen LogP contribution in [0.15, 0.2) is 18.2 Å². The van der Waals surface area contributed by atoms with Gasteiger partial charge >= 0.3 is 0 Å². The largest absolute Gasteiger partial charge is 0.495 e. The van der Waals surface area contributed by atoms with Gasteiger partial charge in [-0.3, -0.25) is 4.21 Å². The van der Waals surface area contributed by atoms with Crippen molar-refractivity contribution in [3.63, 3.8) is 0 Å². The number of ether oxygens (including phenoxy) is 1. The molecule has 0 fully saturated rings. The Labute approximate surface area is 135 Å². The first-order valence-corrected chi connectivity index (χ1v) is 8.81. The Morgan fingerprint density at radius 2 is 2.14 bits per heavy atom. The van der Waals surface area contributed by atoms with Gasteiger partial charge in [0.15, 0.2) is 5.82 Å². The van der Waals surface area contributed by atoms with Crippen LogP contribution in [0.5, 0.6) is 5.75 Å². The van der Waals surface area contributed by atoms with Crippen LogP contribution in [0.25, 0.3) is 0 Å². The summed E-state index contributed by atoms with van der Waals surface area (Å²) in [6.45, 7) is 0. The summed E-state index contributed by atoms with van der Waals surface area (Å²) in [6.07, 6.45) is 0. The summed E-state index contributed by atoms with van der Waals surface area (Å²) in [7, 11) is 4.30. The third-order valence-electron chi connectivity index (χ3n) is 2.67. The molecule has 0 aliphatic rings. The van der Waals surface area contributed by atoms with Gasteiger partial charge < -0.3 is 9.64 Å². The number of benzene rings is 1. The van der Waals surface area contributed by atoms with E-state index in [1.807, 2.05) is 25.1 Å². The van der Waals surface area contributed by atoms with E-state index in [-0.39, 0.29) is 0 Å². The Hall–Kier alpha value is -1.18. The average molecular weight is 346 g/mol. The van der Waals surface area contributed by atoms with E-state index in [1.165, 1.54) is 11.5 Å². The molecular weight excluding hydrogens is 330 g/mol. The third kappa shape index (κ3) is 4.39. The zero-order chi connectivity index (χ0) is 15.4. The molecule has 5 nitrogen and oxygen atoms in total. The lowest BCUT2D eigenvalue weighted by Crippen LogP contribution is -2.08. The molecule has 2 aromatic rings. The zero-order valence-electron chi connectivity index (χ0n) is 12.0. The Morgan fingerprint density at radius 3 is 2.71 bits per heavy atom. The van der Waals surface area contributed by atoms with E-state index in [9.17, 15) is 4.21 Å². The minimum absolute atomic E-state index is 0.341. The van der Waals surface area contributed by atoms with Crippen LogP contribution < -0.4 is 9.64 Å². The molecule has 0 N–H and O–H groups in total. The molecule has 0 spiro atoms. The maximum Gasteiger partial charge on any atom is 0.204 e. The highest BCUT2D eigenvalue weighted by Crippen LogP contribution is 2.25. The van der Waals surface area contributed by atoms with Crippen molar-refractivity contribution in [2.24, 2.45) is 0 Å². The van der Waals surface area contributed by atoms with Crippen LogP contribution in [-0.2, 0) is 22.3 Å². The smallest absolute Gasteiger partial charge is 0.204 e. The Bertz CT molecular complexity index is 646. The molecule has 21 heavy (non-hydrogen) atoms. The van der Waals surface area contributed by atoms with Gasteiger partial charge in [-0.15, -0.1) is 0 Å². The number of rotatable bonds is 6.